The normalized spacial score (nSPS) is 16.3. The number of methoxy groups -OCH3 is 1. The van der Waals surface area contributed by atoms with Crippen molar-refractivity contribution in [2.75, 3.05) is 32.1 Å². The van der Waals surface area contributed by atoms with E-state index in [1.54, 1.807) is 29.9 Å². The number of carbonyl (C=O) groups is 2. The maximum Gasteiger partial charge on any atom is 0.410 e. The van der Waals surface area contributed by atoms with Crippen molar-refractivity contribution in [3.8, 4) is 0 Å². The number of anilines is 1. The van der Waals surface area contributed by atoms with Crippen molar-refractivity contribution in [2.24, 2.45) is 7.05 Å². The third kappa shape index (κ3) is 4.45. The summed E-state index contributed by atoms with van der Waals surface area (Å²) in [5.41, 5.74) is -0.142. The van der Waals surface area contributed by atoms with Crippen LogP contribution in [0.4, 0.5) is 14.9 Å². The second kappa shape index (κ2) is 8.01. The first kappa shape index (κ1) is 22.8. The molecule has 1 amide bonds. The summed E-state index contributed by atoms with van der Waals surface area (Å²) < 4.78 is 26.7. The lowest BCUT2D eigenvalue weighted by atomic mass is 9.88. The molecule has 2 aromatic rings. The number of rotatable bonds is 3. The van der Waals surface area contributed by atoms with Gasteiger partial charge in [-0.3, -0.25) is 4.68 Å². The Labute approximate surface area is 181 Å². The molecule has 0 atom stereocenters. The van der Waals surface area contributed by atoms with Gasteiger partial charge in [-0.25, -0.2) is 14.0 Å². The zero-order chi connectivity index (χ0) is 23.1. The van der Waals surface area contributed by atoms with E-state index in [0.717, 1.165) is 0 Å². The van der Waals surface area contributed by atoms with Crippen molar-refractivity contribution in [1.82, 2.24) is 14.7 Å². The number of hydrogen-bond donors (Lipinski definition) is 0. The Bertz CT molecular complexity index is 1000. The first-order chi connectivity index (χ1) is 14.4. The van der Waals surface area contributed by atoms with E-state index >= 15 is 0 Å². The quantitative estimate of drug-likeness (QED) is 0.686. The molecule has 0 spiro atoms. The number of benzene rings is 1. The molecule has 0 bridgehead atoms. The Morgan fingerprint density at radius 2 is 1.87 bits per heavy atom. The summed E-state index contributed by atoms with van der Waals surface area (Å²) in [6.45, 7) is 8.80. The molecule has 1 aromatic heterocycles. The molecule has 1 aliphatic rings. The van der Waals surface area contributed by atoms with Gasteiger partial charge in [0.2, 0.25) is 0 Å². The van der Waals surface area contributed by atoms with Gasteiger partial charge in [-0.05, 0) is 46.6 Å². The van der Waals surface area contributed by atoms with Crippen molar-refractivity contribution >= 4 is 28.7 Å². The molecule has 0 saturated carbocycles. The van der Waals surface area contributed by atoms with Gasteiger partial charge in [-0.1, -0.05) is 0 Å². The monoisotopic (exact) mass is 434 g/mol. The van der Waals surface area contributed by atoms with Gasteiger partial charge in [0.25, 0.3) is 0 Å². The van der Waals surface area contributed by atoms with Gasteiger partial charge in [0.15, 0.2) is 0 Å². The van der Waals surface area contributed by atoms with Gasteiger partial charge < -0.3 is 19.3 Å². The Balaban J connectivity index is 1.86. The first-order valence-corrected chi connectivity index (χ1v) is 10.3. The van der Waals surface area contributed by atoms with Crippen molar-refractivity contribution in [2.45, 2.75) is 51.7 Å². The van der Waals surface area contributed by atoms with Crippen LogP contribution in [0, 0.1) is 5.82 Å². The molecule has 1 saturated heterocycles. The fourth-order valence-corrected chi connectivity index (χ4v) is 3.92. The van der Waals surface area contributed by atoms with Gasteiger partial charge in [0.1, 0.15) is 22.5 Å². The van der Waals surface area contributed by atoms with Gasteiger partial charge in [0, 0.05) is 44.3 Å². The summed E-state index contributed by atoms with van der Waals surface area (Å²) in [6.07, 6.45) is 2.79. The highest BCUT2D eigenvalue weighted by Gasteiger charge is 2.39. The van der Waals surface area contributed by atoms with Crippen LogP contribution in [0.3, 0.4) is 0 Å². The predicted molar refractivity (Wildman–Crippen MR) is 116 cm³/mol. The van der Waals surface area contributed by atoms with Crippen LogP contribution in [0.15, 0.2) is 12.3 Å². The molecule has 1 aliphatic heterocycles. The van der Waals surface area contributed by atoms with E-state index < -0.39 is 17.4 Å². The fraction of sp³-hybridized carbons (Fsp3) is 0.591. The lowest BCUT2D eigenvalue weighted by Crippen LogP contribution is -2.55. The fourth-order valence-electron chi connectivity index (χ4n) is 3.92. The number of ether oxygens (including phenoxy) is 2. The number of aromatic nitrogens is 2. The highest BCUT2D eigenvalue weighted by atomic mass is 19.1. The number of amides is 1. The van der Waals surface area contributed by atoms with Crippen LogP contribution in [-0.2, 0) is 16.5 Å². The van der Waals surface area contributed by atoms with Gasteiger partial charge in [-0.15, -0.1) is 0 Å². The number of carbonyl (C=O) groups excluding carboxylic acids is 2. The summed E-state index contributed by atoms with van der Waals surface area (Å²) in [4.78, 5) is 28.4. The molecule has 2 heterocycles. The van der Waals surface area contributed by atoms with Gasteiger partial charge in [-0.2, -0.15) is 5.10 Å². The maximum absolute atomic E-state index is 14.9. The molecule has 1 fully saturated rings. The van der Waals surface area contributed by atoms with E-state index in [2.05, 4.69) is 10.00 Å². The van der Waals surface area contributed by atoms with Crippen molar-refractivity contribution in [3.63, 3.8) is 0 Å². The number of nitrogens with zero attached hydrogens (tertiary/aromatic N) is 4. The van der Waals surface area contributed by atoms with E-state index in [1.165, 1.54) is 13.2 Å². The number of esters is 1. The molecule has 0 unspecified atom stereocenters. The second-order valence-electron chi connectivity index (χ2n) is 9.33. The molecule has 31 heavy (non-hydrogen) atoms. The van der Waals surface area contributed by atoms with Crippen LogP contribution in [0.1, 0.15) is 50.9 Å². The average Bonchev–Trinajstić information content (AvgIpc) is 3.06. The summed E-state index contributed by atoms with van der Waals surface area (Å²) in [7, 11) is 4.71. The van der Waals surface area contributed by atoms with Crippen molar-refractivity contribution in [1.29, 1.82) is 0 Å². The minimum atomic E-state index is -0.752. The second-order valence-corrected chi connectivity index (χ2v) is 9.33. The SMILES string of the molecule is COC(=O)c1c(F)cc(N2CCC(C)(N(C)C(=O)OC(C)(C)C)CC2)c2cn(C)nc12. The summed E-state index contributed by atoms with van der Waals surface area (Å²) in [6, 6.07) is 1.37. The molecular weight excluding hydrogens is 403 g/mol. The standard InChI is InChI=1S/C22H31FN4O4/c1-21(2,3)31-20(29)26(6)22(4)8-10-27(11-9-22)16-12-15(23)17(19(28)30-7)18-14(16)13-25(5)24-18/h12-13H,8-11H2,1-7H3. The van der Waals surface area contributed by atoms with E-state index in [1.807, 2.05) is 27.7 Å². The largest absolute Gasteiger partial charge is 0.465 e. The topological polar surface area (TPSA) is 76.9 Å². The molecule has 0 aliphatic carbocycles. The molecule has 0 N–H and O–H groups in total. The molecule has 8 nitrogen and oxygen atoms in total. The first-order valence-electron chi connectivity index (χ1n) is 10.3. The van der Waals surface area contributed by atoms with Crippen molar-refractivity contribution in [3.05, 3.63) is 23.6 Å². The molecule has 3 rings (SSSR count). The van der Waals surface area contributed by atoms with E-state index in [9.17, 15) is 14.0 Å². The highest BCUT2D eigenvalue weighted by molar-refractivity contribution is 6.07. The zero-order valence-corrected chi connectivity index (χ0v) is 19.3. The maximum atomic E-state index is 14.9. The third-order valence-electron chi connectivity index (χ3n) is 5.89. The van der Waals surface area contributed by atoms with E-state index in [-0.39, 0.29) is 22.7 Å². The van der Waals surface area contributed by atoms with Crippen LogP contribution < -0.4 is 4.90 Å². The Morgan fingerprint density at radius 1 is 1.26 bits per heavy atom. The lowest BCUT2D eigenvalue weighted by molar-refractivity contribution is 0.00347. The highest BCUT2D eigenvalue weighted by Crippen LogP contribution is 2.36. The van der Waals surface area contributed by atoms with Crippen LogP contribution in [0.2, 0.25) is 0 Å². The molecule has 1 aromatic carbocycles. The average molecular weight is 435 g/mol. The minimum Gasteiger partial charge on any atom is -0.465 e. The van der Waals surface area contributed by atoms with Crippen LogP contribution >= 0.6 is 0 Å². The molecular formula is C22H31FN4O4. The Hall–Kier alpha value is -2.84. The number of fused-ring (bicyclic) bond motifs is 1. The summed E-state index contributed by atoms with van der Waals surface area (Å²) in [5, 5.41) is 4.98. The van der Waals surface area contributed by atoms with Gasteiger partial charge >= 0.3 is 12.1 Å². The van der Waals surface area contributed by atoms with Crippen LogP contribution in [-0.4, -0.2) is 65.1 Å². The van der Waals surface area contributed by atoms with Gasteiger partial charge in [0.05, 0.1) is 12.8 Å². The van der Waals surface area contributed by atoms with Crippen molar-refractivity contribution < 1.29 is 23.5 Å². The minimum absolute atomic E-state index is 0.159. The molecule has 170 valence electrons. The summed E-state index contributed by atoms with van der Waals surface area (Å²) in [5.74, 6) is -1.41. The van der Waals surface area contributed by atoms with E-state index in [0.29, 0.717) is 37.0 Å². The molecule has 0 radical (unpaired) electrons. The van der Waals surface area contributed by atoms with Crippen LogP contribution in [0.5, 0.6) is 0 Å². The number of hydrogen-bond acceptors (Lipinski definition) is 6. The van der Waals surface area contributed by atoms with E-state index in [4.69, 9.17) is 9.47 Å². The molecule has 9 heteroatoms. The Morgan fingerprint density at radius 3 is 2.42 bits per heavy atom. The lowest BCUT2D eigenvalue weighted by Gasteiger charge is -2.45. The van der Waals surface area contributed by atoms with Crippen LogP contribution in [0.25, 0.3) is 10.9 Å². The Kier molecular flexibility index (Phi) is 5.90. The zero-order valence-electron chi connectivity index (χ0n) is 19.3. The summed E-state index contributed by atoms with van der Waals surface area (Å²) >= 11 is 0. The number of piperidine rings is 1. The number of aryl methyl sites for hydroxylation is 1. The third-order valence-corrected chi connectivity index (χ3v) is 5.89. The number of halogens is 1. The predicted octanol–water partition coefficient (Wildman–Crippen LogP) is 3.72. The smallest absolute Gasteiger partial charge is 0.410 e.